The third-order valence-electron chi connectivity index (χ3n) is 2.60. The molecule has 1 fully saturated rings. The number of aliphatic hydroxyl groups excluding tert-OH is 2. The first-order valence-corrected chi connectivity index (χ1v) is 5.86. The van der Waals surface area contributed by atoms with Crippen molar-refractivity contribution < 1.29 is 14.9 Å². The largest absolute Gasteiger partial charge is 0.394 e. The molecule has 2 rings (SSSR count). The van der Waals surface area contributed by atoms with Gasteiger partial charge in [0.05, 0.1) is 17.5 Å². The fraction of sp³-hybridized carbons (Fsp3) is 0.556. The molecule has 0 saturated carbocycles. The highest BCUT2D eigenvalue weighted by atomic mass is 79.9. The van der Waals surface area contributed by atoms with Crippen LogP contribution in [0.3, 0.4) is 0 Å². The lowest BCUT2D eigenvalue weighted by Gasteiger charge is -2.16. The van der Waals surface area contributed by atoms with E-state index in [4.69, 9.17) is 9.84 Å². The number of nitrogens with one attached hydrogen (secondary N) is 1. The summed E-state index contributed by atoms with van der Waals surface area (Å²) < 4.78 is 6.49. The van der Waals surface area contributed by atoms with Crippen molar-refractivity contribution in [3.8, 4) is 0 Å². The van der Waals surface area contributed by atoms with E-state index in [9.17, 15) is 14.7 Å². The van der Waals surface area contributed by atoms with Crippen LogP contribution in [0, 0.1) is 0 Å². The maximum Gasteiger partial charge on any atom is 0.330 e. The van der Waals surface area contributed by atoms with Crippen molar-refractivity contribution in [1.29, 1.82) is 0 Å². The van der Waals surface area contributed by atoms with Crippen molar-refractivity contribution in [2.24, 2.45) is 0 Å². The summed E-state index contributed by atoms with van der Waals surface area (Å²) in [6, 6.07) is 1.18. The average molecular weight is 307 g/mol. The Morgan fingerprint density at radius 3 is 2.76 bits per heavy atom. The van der Waals surface area contributed by atoms with Gasteiger partial charge < -0.3 is 14.9 Å². The minimum absolute atomic E-state index is 0.349. The molecule has 2 unspecified atom stereocenters. The van der Waals surface area contributed by atoms with Crippen molar-refractivity contribution in [3.63, 3.8) is 0 Å². The van der Waals surface area contributed by atoms with E-state index < -0.39 is 34.5 Å². The normalized spacial score (nSPS) is 32.9. The number of alkyl halides is 1. The van der Waals surface area contributed by atoms with E-state index in [2.05, 4.69) is 20.9 Å². The Morgan fingerprint density at radius 1 is 1.53 bits per heavy atom. The summed E-state index contributed by atoms with van der Waals surface area (Å²) in [7, 11) is 0. The Kier molecular flexibility index (Phi) is 3.48. The van der Waals surface area contributed by atoms with Gasteiger partial charge in [-0.3, -0.25) is 14.3 Å². The zero-order chi connectivity index (χ0) is 12.6. The third kappa shape index (κ3) is 2.21. The molecule has 0 aromatic carbocycles. The Labute approximate surface area is 104 Å². The van der Waals surface area contributed by atoms with Gasteiger partial charge in [-0.15, -0.1) is 0 Å². The molecule has 4 atom stereocenters. The van der Waals surface area contributed by atoms with Crippen molar-refractivity contribution in [2.75, 3.05) is 6.61 Å². The molecule has 1 aromatic heterocycles. The second kappa shape index (κ2) is 4.73. The Morgan fingerprint density at radius 2 is 2.24 bits per heavy atom. The van der Waals surface area contributed by atoms with Gasteiger partial charge in [-0.1, -0.05) is 15.9 Å². The summed E-state index contributed by atoms with van der Waals surface area (Å²) in [4.78, 5) is 24.0. The SMILES string of the molecule is O=c1ccn([C@H]2O[C@@H](CO)C(O)C2Br)c(=O)[nH]1. The molecule has 1 aliphatic heterocycles. The van der Waals surface area contributed by atoms with E-state index >= 15 is 0 Å². The van der Waals surface area contributed by atoms with Crippen LogP contribution in [0.15, 0.2) is 21.9 Å². The lowest BCUT2D eigenvalue weighted by atomic mass is 10.2. The maximum atomic E-state index is 11.5. The molecule has 7 nitrogen and oxygen atoms in total. The van der Waals surface area contributed by atoms with Gasteiger partial charge in [-0.05, 0) is 0 Å². The summed E-state index contributed by atoms with van der Waals surface area (Å²) >= 11 is 3.20. The van der Waals surface area contributed by atoms with E-state index in [1.165, 1.54) is 12.3 Å². The van der Waals surface area contributed by atoms with Gasteiger partial charge in [0.1, 0.15) is 6.10 Å². The molecule has 1 aliphatic rings. The third-order valence-corrected chi connectivity index (χ3v) is 3.59. The predicted molar refractivity (Wildman–Crippen MR) is 61.0 cm³/mol. The highest BCUT2D eigenvalue weighted by molar-refractivity contribution is 9.09. The van der Waals surface area contributed by atoms with Gasteiger partial charge in [0.15, 0.2) is 6.23 Å². The zero-order valence-corrected chi connectivity index (χ0v) is 10.2. The van der Waals surface area contributed by atoms with E-state index in [1.54, 1.807) is 0 Å². The van der Waals surface area contributed by atoms with Crippen molar-refractivity contribution in [3.05, 3.63) is 33.1 Å². The molecular formula is C9H11BrN2O5. The molecule has 94 valence electrons. The summed E-state index contributed by atoms with van der Waals surface area (Å²) in [5.74, 6) is 0. The Bertz CT molecular complexity index is 513. The number of rotatable bonds is 2. The molecule has 8 heteroatoms. The van der Waals surface area contributed by atoms with E-state index in [-0.39, 0.29) is 6.61 Å². The lowest BCUT2D eigenvalue weighted by molar-refractivity contribution is -0.0456. The first-order chi connectivity index (χ1) is 8.04. The van der Waals surface area contributed by atoms with Crippen molar-refractivity contribution >= 4 is 15.9 Å². The number of hydrogen-bond donors (Lipinski definition) is 3. The molecule has 2 heterocycles. The minimum Gasteiger partial charge on any atom is -0.394 e. The number of hydrogen-bond acceptors (Lipinski definition) is 5. The second-order valence-electron chi connectivity index (χ2n) is 3.70. The highest BCUT2D eigenvalue weighted by Crippen LogP contribution is 2.33. The fourth-order valence-electron chi connectivity index (χ4n) is 1.71. The lowest BCUT2D eigenvalue weighted by Crippen LogP contribution is -2.35. The molecule has 1 saturated heterocycles. The number of ether oxygens (including phenoxy) is 1. The van der Waals surface area contributed by atoms with Crippen LogP contribution < -0.4 is 11.2 Å². The monoisotopic (exact) mass is 306 g/mol. The number of halogens is 1. The first-order valence-electron chi connectivity index (χ1n) is 4.94. The predicted octanol–water partition coefficient (Wildman–Crippen LogP) is -1.45. The molecule has 0 spiro atoms. The van der Waals surface area contributed by atoms with E-state index in [0.717, 1.165) is 4.57 Å². The summed E-state index contributed by atoms with van der Waals surface area (Å²) in [5, 5.41) is 18.7. The smallest absolute Gasteiger partial charge is 0.330 e. The number of nitrogens with zero attached hydrogens (tertiary/aromatic N) is 1. The Hall–Kier alpha value is -0.960. The van der Waals surface area contributed by atoms with E-state index in [1.807, 2.05) is 0 Å². The summed E-state index contributed by atoms with van der Waals surface area (Å²) in [6.45, 7) is -0.349. The van der Waals surface area contributed by atoms with Crippen molar-refractivity contribution in [2.45, 2.75) is 23.3 Å². The standard InChI is InChI=1S/C9H11BrN2O5/c10-6-7(15)4(3-13)17-8(6)12-2-1-5(14)11-9(12)16/h1-2,4,6-8,13,15H,3H2,(H,11,14,16)/t4-,6?,7?,8-/m0/s1. The quantitative estimate of drug-likeness (QED) is 0.580. The molecule has 0 radical (unpaired) electrons. The van der Waals surface area contributed by atoms with Crippen LogP contribution in [0.5, 0.6) is 0 Å². The number of H-pyrrole nitrogens is 1. The van der Waals surface area contributed by atoms with Gasteiger partial charge in [-0.25, -0.2) is 4.79 Å². The van der Waals surface area contributed by atoms with Crippen LogP contribution >= 0.6 is 15.9 Å². The maximum absolute atomic E-state index is 11.5. The molecule has 1 aromatic rings. The first kappa shape index (κ1) is 12.5. The van der Waals surface area contributed by atoms with Crippen LogP contribution in [0.2, 0.25) is 0 Å². The van der Waals surface area contributed by atoms with Gasteiger partial charge >= 0.3 is 5.69 Å². The van der Waals surface area contributed by atoms with Crippen LogP contribution in [0.4, 0.5) is 0 Å². The molecule has 17 heavy (non-hydrogen) atoms. The average Bonchev–Trinajstić information content (AvgIpc) is 2.57. The van der Waals surface area contributed by atoms with E-state index in [0.29, 0.717) is 0 Å². The fourth-order valence-corrected chi connectivity index (χ4v) is 2.43. The summed E-state index contributed by atoms with van der Waals surface area (Å²) in [6.07, 6.45) is -1.18. The second-order valence-corrected chi connectivity index (χ2v) is 4.76. The molecule has 3 N–H and O–H groups in total. The topological polar surface area (TPSA) is 105 Å². The van der Waals surface area contributed by atoms with Crippen LogP contribution in [0.25, 0.3) is 0 Å². The van der Waals surface area contributed by atoms with Crippen LogP contribution in [0.1, 0.15) is 6.23 Å². The van der Waals surface area contributed by atoms with Gasteiger partial charge in [0.2, 0.25) is 0 Å². The van der Waals surface area contributed by atoms with Crippen molar-refractivity contribution in [1.82, 2.24) is 9.55 Å². The Balaban J connectivity index is 2.35. The van der Waals surface area contributed by atoms with Crippen LogP contribution in [-0.2, 0) is 4.74 Å². The highest BCUT2D eigenvalue weighted by Gasteiger charge is 2.43. The number of aromatic amines is 1. The number of aliphatic hydroxyl groups is 2. The van der Waals surface area contributed by atoms with Crippen LogP contribution in [-0.4, -0.2) is 43.4 Å². The molecule has 0 aliphatic carbocycles. The van der Waals surface area contributed by atoms with Gasteiger partial charge in [-0.2, -0.15) is 0 Å². The minimum atomic E-state index is -0.927. The van der Waals surface area contributed by atoms with Gasteiger partial charge in [0.25, 0.3) is 5.56 Å². The molecule has 0 bridgehead atoms. The zero-order valence-electron chi connectivity index (χ0n) is 8.62. The molecule has 0 amide bonds. The van der Waals surface area contributed by atoms with Gasteiger partial charge in [0, 0.05) is 12.3 Å². The number of aromatic nitrogens is 2. The summed E-state index contributed by atoms with van der Waals surface area (Å²) in [5.41, 5.74) is -1.13. The molecular weight excluding hydrogens is 296 g/mol.